The number of hydrogen-bond acceptors (Lipinski definition) is 6. The number of ether oxygens (including phenoxy) is 2. The fraction of sp³-hybridized carbons (Fsp3) is 0.429. The van der Waals surface area contributed by atoms with Crippen molar-refractivity contribution >= 4 is 10.0 Å². The van der Waals surface area contributed by atoms with Crippen LogP contribution in [0.1, 0.15) is 81.6 Å². The largest absolute Gasteiger partial charge is 0.392 e. The van der Waals surface area contributed by atoms with Crippen LogP contribution in [0.15, 0.2) is 108 Å². The van der Waals surface area contributed by atoms with Crippen molar-refractivity contribution in [1.82, 2.24) is 9.62 Å². The van der Waals surface area contributed by atoms with Gasteiger partial charge in [0.2, 0.25) is 10.0 Å². The van der Waals surface area contributed by atoms with Crippen LogP contribution in [0, 0.1) is 16.7 Å². The first-order valence-electron chi connectivity index (χ1n) is 17.9. The number of aliphatic hydroxyl groups excluding tert-OH is 1. The lowest BCUT2D eigenvalue weighted by Gasteiger charge is -2.43. The first-order chi connectivity index (χ1) is 23.9. The van der Waals surface area contributed by atoms with Crippen molar-refractivity contribution in [1.29, 1.82) is 0 Å². The molecule has 0 amide bonds. The third-order valence-corrected chi connectivity index (χ3v) is 12.5. The molecule has 2 bridgehead atoms. The lowest BCUT2D eigenvalue weighted by Crippen LogP contribution is -2.46. The van der Waals surface area contributed by atoms with E-state index in [9.17, 15) is 13.5 Å². The zero-order chi connectivity index (χ0) is 35.1. The maximum Gasteiger partial charge on any atom is 0.240 e. The van der Waals surface area contributed by atoms with Crippen molar-refractivity contribution in [2.45, 2.75) is 89.5 Å². The maximum absolute atomic E-state index is 12.9. The molecular weight excluding hydrogens is 645 g/mol. The average molecular weight is 695 g/mol. The molecule has 50 heavy (non-hydrogen) atoms. The van der Waals surface area contributed by atoms with E-state index >= 15 is 0 Å². The molecule has 8 heteroatoms. The van der Waals surface area contributed by atoms with Crippen molar-refractivity contribution < 1.29 is 23.0 Å². The monoisotopic (exact) mass is 694 g/mol. The molecule has 1 saturated carbocycles. The summed E-state index contributed by atoms with van der Waals surface area (Å²) in [7, 11) is -3.64. The van der Waals surface area contributed by atoms with Crippen LogP contribution in [-0.2, 0) is 32.6 Å². The summed E-state index contributed by atoms with van der Waals surface area (Å²) in [5, 5.41) is 9.66. The van der Waals surface area contributed by atoms with E-state index in [4.69, 9.17) is 9.47 Å². The van der Waals surface area contributed by atoms with E-state index in [1.165, 1.54) is 19.3 Å². The molecule has 3 fully saturated rings. The Morgan fingerprint density at radius 1 is 0.840 bits per heavy atom. The van der Waals surface area contributed by atoms with Crippen molar-refractivity contribution in [3.8, 4) is 11.1 Å². The molecule has 4 aromatic carbocycles. The summed E-state index contributed by atoms with van der Waals surface area (Å²) in [6.45, 7) is 11.7. The summed E-state index contributed by atoms with van der Waals surface area (Å²) in [5.74, 6) is 0.123. The lowest BCUT2D eigenvalue weighted by molar-refractivity contribution is -0.276. The van der Waals surface area contributed by atoms with Crippen LogP contribution in [0.4, 0.5) is 0 Å². The molecule has 7 nitrogen and oxygen atoms in total. The smallest absolute Gasteiger partial charge is 0.240 e. The number of likely N-dealkylation sites (tertiary alicyclic amines) is 1. The van der Waals surface area contributed by atoms with E-state index in [1.807, 2.05) is 36.4 Å². The number of fused-ring (bicyclic) bond motifs is 2. The van der Waals surface area contributed by atoms with Gasteiger partial charge >= 0.3 is 0 Å². The minimum Gasteiger partial charge on any atom is -0.392 e. The number of rotatable bonds is 10. The van der Waals surface area contributed by atoms with Crippen LogP contribution in [0.5, 0.6) is 0 Å². The van der Waals surface area contributed by atoms with Crippen LogP contribution < -0.4 is 4.72 Å². The SMILES string of the molecule is CC1C(CN2CC3(C)CC2CC(C)(C)C3)OC(c2ccc(-c3ccccc3CNS(=O)(=O)c3ccccc3)cc2)OC1c1ccc(CO)cc1. The van der Waals surface area contributed by atoms with Gasteiger partial charge in [-0.05, 0) is 70.0 Å². The van der Waals surface area contributed by atoms with E-state index in [1.54, 1.807) is 30.3 Å². The number of nitrogens with one attached hydrogen (secondary N) is 1. The summed E-state index contributed by atoms with van der Waals surface area (Å²) in [4.78, 5) is 2.94. The Labute approximate surface area is 297 Å². The third-order valence-electron chi connectivity index (χ3n) is 11.1. The van der Waals surface area contributed by atoms with Crippen LogP contribution in [-0.4, -0.2) is 43.7 Å². The van der Waals surface area contributed by atoms with Gasteiger partial charge in [0, 0.05) is 37.2 Å². The number of nitrogens with zero attached hydrogens (tertiary/aromatic N) is 1. The molecule has 0 spiro atoms. The fourth-order valence-electron chi connectivity index (χ4n) is 8.98. The van der Waals surface area contributed by atoms with Crippen LogP contribution in [0.25, 0.3) is 11.1 Å². The summed E-state index contributed by atoms with van der Waals surface area (Å²) in [6, 6.07) is 33.3. The van der Waals surface area contributed by atoms with E-state index < -0.39 is 16.3 Å². The molecular formula is C42H50N2O5S. The molecule has 0 radical (unpaired) electrons. The Morgan fingerprint density at radius 2 is 1.52 bits per heavy atom. The number of hydrogen-bond donors (Lipinski definition) is 2. The van der Waals surface area contributed by atoms with Gasteiger partial charge in [-0.25, -0.2) is 13.1 Å². The normalized spacial score (nSPS) is 28.1. The van der Waals surface area contributed by atoms with Crippen molar-refractivity contribution in [2.24, 2.45) is 16.7 Å². The van der Waals surface area contributed by atoms with Crippen LogP contribution in [0.2, 0.25) is 0 Å². The van der Waals surface area contributed by atoms with Crippen LogP contribution in [0.3, 0.4) is 0 Å². The van der Waals surface area contributed by atoms with E-state index in [-0.39, 0.29) is 36.2 Å². The van der Waals surface area contributed by atoms with Crippen molar-refractivity contribution in [3.63, 3.8) is 0 Å². The molecule has 2 heterocycles. The number of sulfonamides is 1. The predicted molar refractivity (Wildman–Crippen MR) is 196 cm³/mol. The van der Waals surface area contributed by atoms with Gasteiger partial charge in [-0.15, -0.1) is 0 Å². The molecule has 6 unspecified atom stereocenters. The Morgan fingerprint density at radius 3 is 2.24 bits per heavy atom. The zero-order valence-electron chi connectivity index (χ0n) is 29.6. The van der Waals surface area contributed by atoms with Gasteiger partial charge in [-0.1, -0.05) is 119 Å². The summed E-state index contributed by atoms with van der Waals surface area (Å²) in [5.41, 5.74) is 6.44. The van der Waals surface area contributed by atoms with E-state index in [2.05, 4.69) is 73.7 Å². The fourth-order valence-corrected chi connectivity index (χ4v) is 10.0. The van der Waals surface area contributed by atoms with E-state index in [0.717, 1.165) is 46.5 Å². The van der Waals surface area contributed by atoms with Gasteiger partial charge in [0.05, 0.1) is 23.7 Å². The quantitative estimate of drug-likeness (QED) is 0.175. The van der Waals surface area contributed by atoms with Gasteiger partial charge < -0.3 is 14.6 Å². The molecule has 6 atom stereocenters. The summed E-state index contributed by atoms with van der Waals surface area (Å²) >= 11 is 0. The molecule has 2 aliphatic heterocycles. The highest BCUT2D eigenvalue weighted by molar-refractivity contribution is 7.89. The van der Waals surface area contributed by atoms with Crippen molar-refractivity contribution in [3.05, 3.63) is 125 Å². The molecule has 0 aromatic heterocycles. The molecule has 4 aromatic rings. The first-order valence-corrected chi connectivity index (χ1v) is 19.4. The van der Waals surface area contributed by atoms with E-state index in [0.29, 0.717) is 16.9 Å². The second-order valence-corrected chi connectivity index (χ2v) is 17.6. The van der Waals surface area contributed by atoms with Gasteiger partial charge in [-0.2, -0.15) is 0 Å². The Bertz CT molecular complexity index is 1880. The molecule has 3 aliphatic rings. The molecule has 2 saturated heterocycles. The standard InChI is InChI=1S/C42H50N2O5S/c1-29-38(25-44-28-42(4)23-35(44)22-41(2,3)27-42)48-40(49-39(29)32-16-14-30(26-45)15-17-32)33-20-18-31(19-21-33)37-13-9-8-10-34(37)24-43-50(46,47)36-11-6-5-7-12-36/h5-21,29,35,38-40,43,45H,22-28H2,1-4H3. The Kier molecular flexibility index (Phi) is 9.80. The van der Waals surface area contributed by atoms with Gasteiger partial charge in [0.15, 0.2) is 6.29 Å². The summed E-state index contributed by atoms with van der Waals surface area (Å²) < 4.78 is 42.3. The van der Waals surface area contributed by atoms with Crippen molar-refractivity contribution in [2.75, 3.05) is 13.1 Å². The molecule has 2 N–H and O–H groups in total. The zero-order valence-corrected chi connectivity index (χ0v) is 30.4. The highest BCUT2D eigenvalue weighted by Gasteiger charge is 2.51. The first kappa shape index (κ1) is 35.1. The highest BCUT2D eigenvalue weighted by atomic mass is 32.2. The number of benzene rings is 4. The average Bonchev–Trinajstić information content (AvgIpc) is 3.35. The summed E-state index contributed by atoms with van der Waals surface area (Å²) in [6.07, 6.45) is 2.98. The minimum absolute atomic E-state index is 0.00949. The molecule has 264 valence electrons. The Balaban J connectivity index is 1.12. The molecule has 7 rings (SSSR count). The Hall–Kier alpha value is -3.37. The van der Waals surface area contributed by atoms with Gasteiger partial charge in [0.25, 0.3) is 0 Å². The van der Waals surface area contributed by atoms with Gasteiger partial charge in [0.1, 0.15) is 0 Å². The number of aliphatic hydroxyl groups is 1. The lowest BCUT2D eigenvalue weighted by atomic mass is 9.65. The molecule has 1 aliphatic carbocycles. The maximum atomic E-state index is 12.9. The second kappa shape index (κ2) is 14.0. The predicted octanol–water partition coefficient (Wildman–Crippen LogP) is 8.02. The highest BCUT2D eigenvalue weighted by Crippen LogP contribution is 2.53. The third kappa shape index (κ3) is 7.47. The van der Waals surface area contributed by atoms with Gasteiger partial charge in [-0.3, -0.25) is 4.90 Å². The minimum atomic E-state index is -3.64. The van der Waals surface area contributed by atoms with Crippen LogP contribution >= 0.6 is 0 Å². The second-order valence-electron chi connectivity index (χ2n) is 15.9. The topological polar surface area (TPSA) is 88.1 Å².